The summed E-state index contributed by atoms with van der Waals surface area (Å²) < 4.78 is 0. The summed E-state index contributed by atoms with van der Waals surface area (Å²) in [6.45, 7) is 0.574. The minimum atomic E-state index is 0.201. The minimum absolute atomic E-state index is 0.201. The molecule has 4 heteroatoms. The number of nitrogens with one attached hydrogen (secondary N) is 1. The van der Waals surface area contributed by atoms with Crippen molar-refractivity contribution in [1.82, 2.24) is 4.98 Å². The number of pyridine rings is 1. The van der Waals surface area contributed by atoms with Gasteiger partial charge >= 0.3 is 0 Å². The van der Waals surface area contributed by atoms with Crippen LogP contribution in [0.25, 0.3) is 10.9 Å². The number of anilines is 1. The zero-order chi connectivity index (χ0) is 13.9. The first-order valence-corrected chi connectivity index (χ1v) is 6.67. The van der Waals surface area contributed by atoms with Crippen LogP contribution in [0, 0.1) is 0 Å². The molecule has 3 rings (SSSR count). The van der Waals surface area contributed by atoms with Gasteiger partial charge in [0, 0.05) is 16.1 Å². The maximum absolute atomic E-state index is 9.82. The zero-order valence-corrected chi connectivity index (χ0v) is 11.4. The molecule has 20 heavy (non-hydrogen) atoms. The average molecular weight is 285 g/mol. The summed E-state index contributed by atoms with van der Waals surface area (Å²) in [4.78, 5) is 4.47. The van der Waals surface area contributed by atoms with Crippen LogP contribution in [-0.4, -0.2) is 10.1 Å². The van der Waals surface area contributed by atoms with Gasteiger partial charge in [0.2, 0.25) is 0 Å². The van der Waals surface area contributed by atoms with E-state index < -0.39 is 0 Å². The predicted octanol–water partition coefficient (Wildman–Crippen LogP) is 4.21. The van der Waals surface area contributed by atoms with Crippen molar-refractivity contribution in [1.29, 1.82) is 0 Å². The summed E-state index contributed by atoms with van der Waals surface area (Å²) in [5.74, 6) is 0.201. The minimum Gasteiger partial charge on any atom is -0.506 e. The van der Waals surface area contributed by atoms with E-state index in [0.717, 1.165) is 16.8 Å². The summed E-state index contributed by atoms with van der Waals surface area (Å²) in [7, 11) is 0. The molecule has 0 amide bonds. The van der Waals surface area contributed by atoms with Gasteiger partial charge in [-0.15, -0.1) is 0 Å². The van der Waals surface area contributed by atoms with Gasteiger partial charge in [-0.25, -0.2) is 4.98 Å². The largest absolute Gasteiger partial charge is 0.506 e. The number of hydrogen-bond acceptors (Lipinski definition) is 3. The number of fused-ring (bicyclic) bond motifs is 1. The Morgan fingerprint density at radius 1 is 1.05 bits per heavy atom. The number of halogens is 1. The van der Waals surface area contributed by atoms with Crippen LogP contribution in [0.5, 0.6) is 5.75 Å². The lowest BCUT2D eigenvalue weighted by molar-refractivity contribution is 0.480. The highest BCUT2D eigenvalue weighted by molar-refractivity contribution is 6.30. The Balaban J connectivity index is 1.83. The van der Waals surface area contributed by atoms with Gasteiger partial charge in [0.1, 0.15) is 11.3 Å². The Kier molecular flexibility index (Phi) is 3.44. The fourth-order valence-corrected chi connectivity index (χ4v) is 2.25. The number of phenols is 1. The lowest BCUT2D eigenvalue weighted by atomic mass is 10.2. The summed E-state index contributed by atoms with van der Waals surface area (Å²) in [5.41, 5.74) is 2.42. The van der Waals surface area contributed by atoms with Crippen molar-refractivity contribution in [2.24, 2.45) is 0 Å². The lowest BCUT2D eigenvalue weighted by Gasteiger charge is -2.07. The van der Waals surface area contributed by atoms with E-state index in [1.54, 1.807) is 6.07 Å². The van der Waals surface area contributed by atoms with E-state index in [1.165, 1.54) is 0 Å². The Morgan fingerprint density at radius 2 is 1.90 bits per heavy atom. The molecule has 2 N–H and O–H groups in total. The van der Waals surface area contributed by atoms with Gasteiger partial charge in [-0.05, 0) is 30.3 Å². The average Bonchev–Trinajstić information content (AvgIpc) is 2.46. The molecular formula is C16H13ClN2O. The number of phenolic OH excluding ortho intramolecular Hbond substituents is 1. The molecule has 0 unspecified atom stereocenters. The van der Waals surface area contributed by atoms with Crippen molar-refractivity contribution in [2.45, 2.75) is 6.54 Å². The van der Waals surface area contributed by atoms with E-state index in [0.29, 0.717) is 17.1 Å². The Morgan fingerprint density at radius 3 is 2.75 bits per heavy atom. The molecule has 1 heterocycles. The second-order valence-corrected chi connectivity index (χ2v) is 4.95. The maximum Gasteiger partial charge on any atom is 0.141 e. The molecule has 0 aliphatic rings. The lowest BCUT2D eigenvalue weighted by Crippen LogP contribution is -2.01. The van der Waals surface area contributed by atoms with E-state index in [9.17, 15) is 5.11 Å². The molecule has 0 atom stereocenters. The Labute approximate surface area is 121 Å². The number of rotatable bonds is 3. The van der Waals surface area contributed by atoms with Crippen molar-refractivity contribution in [3.05, 3.63) is 65.3 Å². The third-order valence-electron chi connectivity index (χ3n) is 3.05. The third kappa shape index (κ3) is 2.68. The molecule has 0 saturated heterocycles. The van der Waals surface area contributed by atoms with E-state index >= 15 is 0 Å². The quantitative estimate of drug-likeness (QED) is 0.757. The Bertz CT molecular complexity index is 758. The highest BCUT2D eigenvalue weighted by Crippen LogP contribution is 2.22. The van der Waals surface area contributed by atoms with Gasteiger partial charge in [-0.1, -0.05) is 35.9 Å². The maximum atomic E-state index is 9.82. The molecule has 2 aromatic carbocycles. The van der Waals surface area contributed by atoms with Crippen LogP contribution in [-0.2, 0) is 6.54 Å². The number of hydrogen-bond donors (Lipinski definition) is 2. The van der Waals surface area contributed by atoms with Crippen LogP contribution in [0.2, 0.25) is 5.02 Å². The Hall–Kier alpha value is -2.26. The molecule has 0 aliphatic carbocycles. The van der Waals surface area contributed by atoms with Crippen molar-refractivity contribution in [3.8, 4) is 5.75 Å². The van der Waals surface area contributed by atoms with E-state index in [-0.39, 0.29) is 5.75 Å². The molecule has 3 aromatic rings. The molecule has 3 nitrogen and oxygen atoms in total. The molecule has 0 aliphatic heterocycles. The van der Waals surface area contributed by atoms with Crippen LogP contribution in [0.15, 0.2) is 54.6 Å². The molecular weight excluding hydrogens is 272 g/mol. The number of benzene rings is 2. The van der Waals surface area contributed by atoms with Crippen molar-refractivity contribution < 1.29 is 5.11 Å². The van der Waals surface area contributed by atoms with Gasteiger partial charge in [0.05, 0.1) is 12.2 Å². The van der Waals surface area contributed by atoms with Crippen LogP contribution < -0.4 is 5.32 Å². The highest BCUT2D eigenvalue weighted by atomic mass is 35.5. The van der Waals surface area contributed by atoms with E-state index in [1.807, 2.05) is 48.5 Å². The summed E-state index contributed by atoms with van der Waals surface area (Å²) in [5, 5.41) is 14.7. The van der Waals surface area contributed by atoms with Crippen LogP contribution in [0.3, 0.4) is 0 Å². The fourth-order valence-electron chi connectivity index (χ4n) is 2.06. The highest BCUT2D eigenvalue weighted by Gasteiger charge is 2.03. The number of aromatic nitrogens is 1. The second-order valence-electron chi connectivity index (χ2n) is 4.52. The topological polar surface area (TPSA) is 45.1 Å². The number of aromatic hydroxyl groups is 1. The SMILES string of the molecule is Oc1cccc2ccc(CNc3cccc(Cl)c3)nc12. The van der Waals surface area contributed by atoms with E-state index in [4.69, 9.17) is 11.6 Å². The summed E-state index contributed by atoms with van der Waals surface area (Å²) >= 11 is 5.94. The first-order valence-electron chi connectivity index (χ1n) is 6.29. The van der Waals surface area contributed by atoms with Gasteiger partial charge < -0.3 is 10.4 Å². The smallest absolute Gasteiger partial charge is 0.141 e. The number of nitrogens with zero attached hydrogens (tertiary/aromatic N) is 1. The predicted molar refractivity (Wildman–Crippen MR) is 82.2 cm³/mol. The molecule has 100 valence electrons. The van der Waals surface area contributed by atoms with Crippen molar-refractivity contribution in [2.75, 3.05) is 5.32 Å². The molecule has 1 aromatic heterocycles. The van der Waals surface area contributed by atoms with Crippen LogP contribution in [0.1, 0.15) is 5.69 Å². The normalized spacial score (nSPS) is 10.7. The zero-order valence-electron chi connectivity index (χ0n) is 10.7. The van der Waals surface area contributed by atoms with Crippen molar-refractivity contribution in [3.63, 3.8) is 0 Å². The van der Waals surface area contributed by atoms with Gasteiger partial charge in [-0.2, -0.15) is 0 Å². The third-order valence-corrected chi connectivity index (χ3v) is 3.29. The van der Waals surface area contributed by atoms with E-state index in [2.05, 4.69) is 10.3 Å². The molecule has 0 radical (unpaired) electrons. The fraction of sp³-hybridized carbons (Fsp3) is 0.0625. The van der Waals surface area contributed by atoms with Crippen molar-refractivity contribution >= 4 is 28.2 Å². The number of para-hydroxylation sites is 1. The molecule has 0 spiro atoms. The van der Waals surface area contributed by atoms with Gasteiger partial charge in [0.15, 0.2) is 0 Å². The van der Waals surface area contributed by atoms with Crippen LogP contribution >= 0.6 is 11.6 Å². The molecule has 0 saturated carbocycles. The molecule has 0 fully saturated rings. The second kappa shape index (κ2) is 5.39. The first kappa shape index (κ1) is 12.8. The summed E-state index contributed by atoms with van der Waals surface area (Å²) in [6, 6.07) is 16.8. The summed E-state index contributed by atoms with van der Waals surface area (Å²) in [6.07, 6.45) is 0. The standard InChI is InChI=1S/C16H13ClN2O/c17-12-4-2-5-13(9-12)18-10-14-8-7-11-3-1-6-15(20)16(11)19-14/h1-9,18,20H,10H2. The molecule has 0 bridgehead atoms. The first-order chi connectivity index (χ1) is 9.72. The van der Waals surface area contributed by atoms with Gasteiger partial charge in [-0.3, -0.25) is 0 Å². The van der Waals surface area contributed by atoms with Crippen LogP contribution in [0.4, 0.5) is 5.69 Å². The van der Waals surface area contributed by atoms with Gasteiger partial charge in [0.25, 0.3) is 0 Å². The monoisotopic (exact) mass is 284 g/mol.